The zero-order valence-electron chi connectivity index (χ0n) is 21.1. The predicted molar refractivity (Wildman–Crippen MR) is 139 cm³/mol. The highest BCUT2D eigenvalue weighted by atomic mass is 16.5. The van der Waals surface area contributed by atoms with Gasteiger partial charge < -0.3 is 9.64 Å². The number of carbonyl (C=O) groups excluding carboxylic acids is 1. The van der Waals surface area contributed by atoms with Gasteiger partial charge in [-0.2, -0.15) is 0 Å². The standard InChI is InChI=1S/C30H38N2O2/c1-5-34-28(33)22-10-12-25(13-11-22)32-18-16-31(17-19-32)21-23-8-6-7-9-26(23)27-20-24-14-15-30(27,4)29(24,2)3/h6-13,20,24H,5,14-19,21H2,1-4H3/t24-,30-/m1/s1. The van der Waals surface area contributed by atoms with Crippen molar-refractivity contribution in [3.63, 3.8) is 0 Å². The van der Waals surface area contributed by atoms with Crippen molar-refractivity contribution in [1.82, 2.24) is 4.90 Å². The predicted octanol–water partition coefficient (Wildman–Crippen LogP) is 6.03. The summed E-state index contributed by atoms with van der Waals surface area (Å²) in [6, 6.07) is 16.9. The lowest BCUT2D eigenvalue weighted by Gasteiger charge is -2.39. The molecule has 2 fully saturated rings. The van der Waals surface area contributed by atoms with Crippen LogP contribution in [0.15, 0.2) is 54.6 Å². The summed E-state index contributed by atoms with van der Waals surface area (Å²) in [7, 11) is 0. The van der Waals surface area contributed by atoms with Gasteiger partial charge in [-0.15, -0.1) is 0 Å². The van der Waals surface area contributed by atoms with E-state index in [1.807, 2.05) is 31.2 Å². The number of anilines is 1. The van der Waals surface area contributed by atoms with Crippen molar-refractivity contribution in [2.24, 2.45) is 16.7 Å². The Morgan fingerprint density at radius 2 is 1.71 bits per heavy atom. The molecule has 3 aliphatic rings. The number of hydrogen-bond acceptors (Lipinski definition) is 4. The van der Waals surface area contributed by atoms with Crippen LogP contribution < -0.4 is 4.90 Å². The molecule has 1 aliphatic heterocycles. The van der Waals surface area contributed by atoms with E-state index in [2.05, 4.69) is 60.9 Å². The summed E-state index contributed by atoms with van der Waals surface area (Å²) in [5.74, 6) is 0.458. The molecule has 4 heteroatoms. The average Bonchev–Trinajstić information content (AvgIpc) is 3.19. The van der Waals surface area contributed by atoms with Crippen LogP contribution in [0.4, 0.5) is 5.69 Å². The van der Waals surface area contributed by atoms with E-state index < -0.39 is 0 Å². The molecule has 4 nitrogen and oxygen atoms in total. The zero-order valence-corrected chi connectivity index (χ0v) is 21.1. The number of allylic oxidation sites excluding steroid dienone is 2. The number of hydrogen-bond donors (Lipinski definition) is 0. The van der Waals surface area contributed by atoms with E-state index in [9.17, 15) is 4.79 Å². The third-order valence-electron chi connectivity index (χ3n) is 9.08. The topological polar surface area (TPSA) is 32.8 Å². The molecule has 1 heterocycles. The van der Waals surface area contributed by atoms with Crippen LogP contribution in [0.2, 0.25) is 0 Å². The molecule has 0 radical (unpaired) electrons. The van der Waals surface area contributed by atoms with Gasteiger partial charge in [0, 0.05) is 38.4 Å². The Morgan fingerprint density at radius 3 is 2.32 bits per heavy atom. The number of rotatable bonds is 6. The molecule has 1 saturated heterocycles. The van der Waals surface area contributed by atoms with Crippen molar-refractivity contribution in [3.05, 3.63) is 71.3 Å². The molecule has 0 spiro atoms. The van der Waals surface area contributed by atoms with E-state index in [0.29, 0.717) is 23.5 Å². The van der Waals surface area contributed by atoms with Gasteiger partial charge in [-0.05, 0) is 77.5 Å². The Balaban J connectivity index is 1.25. The maximum atomic E-state index is 11.9. The van der Waals surface area contributed by atoms with Gasteiger partial charge in [-0.25, -0.2) is 4.79 Å². The smallest absolute Gasteiger partial charge is 0.338 e. The normalized spacial score (nSPS) is 25.9. The van der Waals surface area contributed by atoms with Crippen LogP contribution in [-0.4, -0.2) is 43.7 Å². The lowest BCUT2D eigenvalue weighted by atomic mass is 9.66. The number of ether oxygens (including phenoxy) is 1. The summed E-state index contributed by atoms with van der Waals surface area (Å²) in [4.78, 5) is 16.9. The minimum absolute atomic E-state index is 0.250. The van der Waals surface area contributed by atoms with Gasteiger partial charge in [0.2, 0.25) is 0 Å². The molecule has 2 atom stereocenters. The van der Waals surface area contributed by atoms with Crippen LogP contribution in [0.5, 0.6) is 0 Å². The average molecular weight is 459 g/mol. The highest BCUT2D eigenvalue weighted by Gasteiger charge is 2.57. The quantitative estimate of drug-likeness (QED) is 0.495. The van der Waals surface area contributed by atoms with Crippen LogP contribution in [0.25, 0.3) is 5.57 Å². The summed E-state index contributed by atoms with van der Waals surface area (Å²) < 4.78 is 5.10. The third-order valence-corrected chi connectivity index (χ3v) is 9.08. The lowest BCUT2D eigenvalue weighted by Crippen LogP contribution is -2.46. The molecule has 1 saturated carbocycles. The number of fused-ring (bicyclic) bond motifs is 2. The lowest BCUT2D eigenvalue weighted by molar-refractivity contribution is 0.0526. The minimum atomic E-state index is -0.250. The molecule has 180 valence electrons. The molecule has 0 unspecified atom stereocenters. The maximum Gasteiger partial charge on any atom is 0.338 e. The van der Waals surface area contributed by atoms with E-state index >= 15 is 0 Å². The van der Waals surface area contributed by atoms with Crippen LogP contribution in [-0.2, 0) is 11.3 Å². The second-order valence-electron chi connectivity index (χ2n) is 11.0. The molecule has 2 aromatic carbocycles. The Morgan fingerprint density at radius 1 is 1.00 bits per heavy atom. The molecular formula is C30H38N2O2. The van der Waals surface area contributed by atoms with Gasteiger partial charge in [0.15, 0.2) is 0 Å². The van der Waals surface area contributed by atoms with E-state index in [1.165, 1.54) is 29.7 Å². The fraction of sp³-hybridized carbons (Fsp3) is 0.500. The minimum Gasteiger partial charge on any atom is -0.462 e. The summed E-state index contributed by atoms with van der Waals surface area (Å²) >= 11 is 0. The Bertz CT molecular complexity index is 1080. The van der Waals surface area contributed by atoms with Gasteiger partial charge >= 0.3 is 5.97 Å². The first-order valence-electron chi connectivity index (χ1n) is 12.9. The zero-order chi connectivity index (χ0) is 23.9. The number of nitrogens with zero attached hydrogens (tertiary/aromatic N) is 2. The van der Waals surface area contributed by atoms with Crippen LogP contribution in [0, 0.1) is 16.7 Å². The first kappa shape index (κ1) is 23.2. The van der Waals surface area contributed by atoms with E-state index in [4.69, 9.17) is 4.74 Å². The van der Waals surface area contributed by atoms with Crippen LogP contribution in [0.1, 0.15) is 62.0 Å². The van der Waals surface area contributed by atoms with Gasteiger partial charge in [-0.3, -0.25) is 4.90 Å². The molecule has 2 bridgehead atoms. The number of benzene rings is 2. The summed E-state index contributed by atoms with van der Waals surface area (Å²) in [6.07, 6.45) is 5.23. The highest BCUT2D eigenvalue weighted by Crippen LogP contribution is 2.67. The first-order chi connectivity index (χ1) is 16.3. The Kier molecular flexibility index (Phi) is 6.05. The molecule has 5 rings (SSSR count). The van der Waals surface area contributed by atoms with E-state index in [-0.39, 0.29) is 11.4 Å². The fourth-order valence-electron chi connectivity index (χ4n) is 6.43. The second-order valence-corrected chi connectivity index (χ2v) is 11.0. The van der Waals surface area contributed by atoms with Crippen molar-refractivity contribution in [2.45, 2.75) is 47.1 Å². The summed E-state index contributed by atoms with van der Waals surface area (Å²) in [5, 5.41) is 0. The largest absolute Gasteiger partial charge is 0.462 e. The molecule has 34 heavy (non-hydrogen) atoms. The van der Waals surface area contributed by atoms with Crippen molar-refractivity contribution in [1.29, 1.82) is 0 Å². The summed E-state index contributed by atoms with van der Waals surface area (Å²) in [5.41, 5.74) is 6.95. The van der Waals surface area contributed by atoms with Gasteiger partial charge in [0.05, 0.1) is 12.2 Å². The molecule has 0 amide bonds. The van der Waals surface area contributed by atoms with Crippen molar-refractivity contribution >= 4 is 17.2 Å². The maximum absolute atomic E-state index is 11.9. The van der Waals surface area contributed by atoms with Gasteiger partial charge in [-0.1, -0.05) is 51.1 Å². The number of esters is 1. The molecule has 0 aromatic heterocycles. The van der Waals surface area contributed by atoms with E-state index in [0.717, 1.165) is 32.7 Å². The number of carbonyl (C=O) groups is 1. The van der Waals surface area contributed by atoms with Crippen molar-refractivity contribution < 1.29 is 9.53 Å². The third kappa shape index (κ3) is 3.86. The van der Waals surface area contributed by atoms with Crippen molar-refractivity contribution in [2.75, 3.05) is 37.7 Å². The molecular weight excluding hydrogens is 420 g/mol. The van der Waals surface area contributed by atoms with Crippen LogP contribution in [0.3, 0.4) is 0 Å². The Hall–Kier alpha value is -2.59. The van der Waals surface area contributed by atoms with Crippen LogP contribution >= 0.6 is 0 Å². The first-order valence-corrected chi connectivity index (χ1v) is 12.9. The molecule has 2 aliphatic carbocycles. The summed E-state index contributed by atoms with van der Waals surface area (Å²) in [6.45, 7) is 14.7. The Labute approximate surface area is 204 Å². The van der Waals surface area contributed by atoms with Gasteiger partial charge in [0.1, 0.15) is 0 Å². The number of piperazine rings is 1. The molecule has 0 N–H and O–H groups in total. The second kappa shape index (κ2) is 8.88. The SMILES string of the molecule is CCOC(=O)c1ccc(N2CCN(Cc3ccccc3C3=C[C@H]4CC[C@@]3(C)C4(C)C)CC2)cc1. The van der Waals surface area contributed by atoms with E-state index in [1.54, 1.807) is 5.57 Å². The van der Waals surface area contributed by atoms with Crippen molar-refractivity contribution in [3.8, 4) is 0 Å². The monoisotopic (exact) mass is 458 g/mol. The van der Waals surface area contributed by atoms with Gasteiger partial charge in [0.25, 0.3) is 0 Å². The molecule has 2 aromatic rings. The fourth-order valence-corrected chi connectivity index (χ4v) is 6.43. The highest BCUT2D eigenvalue weighted by molar-refractivity contribution is 5.89.